The van der Waals surface area contributed by atoms with Gasteiger partial charge < -0.3 is 5.11 Å². The van der Waals surface area contributed by atoms with Gasteiger partial charge in [0.05, 0.1) is 22.5 Å². The number of imide groups is 1. The second-order valence-corrected chi connectivity index (χ2v) is 9.93. The summed E-state index contributed by atoms with van der Waals surface area (Å²) >= 11 is 12.4. The van der Waals surface area contributed by atoms with Gasteiger partial charge in [-0.3, -0.25) is 19.7 Å². The fourth-order valence-electron chi connectivity index (χ4n) is 5.32. The molecule has 2 N–H and O–H groups in total. The smallest absolute Gasteiger partial charge is 0.325 e. The summed E-state index contributed by atoms with van der Waals surface area (Å²) < 4.78 is 0. The van der Waals surface area contributed by atoms with Gasteiger partial charge in [0.15, 0.2) is 0 Å². The van der Waals surface area contributed by atoms with E-state index in [4.69, 9.17) is 23.2 Å². The maximum atomic E-state index is 13.9. The highest BCUT2D eigenvalue weighted by atomic mass is 35.5. The summed E-state index contributed by atoms with van der Waals surface area (Å²) in [7, 11) is 0. The highest BCUT2D eigenvalue weighted by molar-refractivity contribution is 6.38. The Labute approximate surface area is 212 Å². The van der Waals surface area contributed by atoms with Crippen LogP contribution in [0.2, 0.25) is 10.0 Å². The highest BCUT2D eigenvalue weighted by Gasteiger charge is 2.68. The number of carbonyl (C=O) groups is 3. The van der Waals surface area contributed by atoms with Crippen molar-refractivity contribution in [2.75, 3.05) is 4.90 Å². The quantitative estimate of drug-likeness (QED) is 0.482. The molecular weight excluding hydrogens is 487 g/mol. The molecule has 0 bridgehead atoms. The van der Waals surface area contributed by atoms with Crippen LogP contribution in [0.5, 0.6) is 0 Å². The summed E-state index contributed by atoms with van der Waals surface area (Å²) in [4.78, 5) is 41.7. The summed E-state index contributed by atoms with van der Waals surface area (Å²) in [5.41, 5.74) is 1.02. The largest absolute Gasteiger partial charge is 0.480 e. The SMILES string of the molecule is Cc1ccc([C@@H]2N[C@](Cc3ccccc3)(C(=O)O)[C@H]3C(=O)N(c4ccc(Cl)cc4Cl)C(=O)[C@H]23)cc1. The third-order valence-corrected chi connectivity index (χ3v) is 7.49. The number of benzene rings is 3. The van der Waals surface area contributed by atoms with Gasteiger partial charge in [0.25, 0.3) is 0 Å². The van der Waals surface area contributed by atoms with Crippen LogP contribution >= 0.6 is 23.2 Å². The minimum atomic E-state index is -1.69. The molecule has 178 valence electrons. The number of carbonyl (C=O) groups excluding carboxylic acids is 2. The molecular formula is C27H22Cl2N2O4. The van der Waals surface area contributed by atoms with Crippen molar-refractivity contribution in [3.63, 3.8) is 0 Å². The molecule has 2 aliphatic heterocycles. The van der Waals surface area contributed by atoms with E-state index in [1.807, 2.05) is 61.5 Å². The number of aryl methyl sites for hydroxylation is 1. The Kier molecular flexibility index (Phi) is 5.91. The van der Waals surface area contributed by atoms with Crippen LogP contribution in [-0.4, -0.2) is 28.4 Å². The van der Waals surface area contributed by atoms with Crippen molar-refractivity contribution in [1.82, 2.24) is 5.32 Å². The number of halogens is 2. The predicted octanol–water partition coefficient (Wildman–Crippen LogP) is 4.82. The lowest BCUT2D eigenvalue weighted by Crippen LogP contribution is -2.57. The van der Waals surface area contributed by atoms with E-state index in [0.29, 0.717) is 5.02 Å². The lowest BCUT2D eigenvalue weighted by molar-refractivity contribution is -0.148. The first kappa shape index (κ1) is 23.5. The van der Waals surface area contributed by atoms with Crippen LogP contribution in [0.1, 0.15) is 22.7 Å². The lowest BCUT2D eigenvalue weighted by Gasteiger charge is -2.31. The lowest BCUT2D eigenvalue weighted by atomic mass is 9.76. The number of rotatable bonds is 5. The number of carboxylic acid groups (broad SMARTS) is 1. The summed E-state index contributed by atoms with van der Waals surface area (Å²) in [6.07, 6.45) is 0.0356. The van der Waals surface area contributed by atoms with Crippen molar-refractivity contribution in [3.05, 3.63) is 99.5 Å². The molecule has 5 rings (SSSR count). The van der Waals surface area contributed by atoms with Gasteiger partial charge in [-0.1, -0.05) is 83.4 Å². The Hall–Kier alpha value is -3.19. The third-order valence-electron chi connectivity index (χ3n) is 6.95. The first-order chi connectivity index (χ1) is 16.7. The number of amides is 2. The number of hydrogen-bond donors (Lipinski definition) is 2. The number of nitrogens with zero attached hydrogens (tertiary/aromatic N) is 1. The number of aliphatic carboxylic acids is 1. The van der Waals surface area contributed by atoms with Gasteiger partial charge in [-0.2, -0.15) is 0 Å². The van der Waals surface area contributed by atoms with Gasteiger partial charge >= 0.3 is 5.97 Å². The Morgan fingerprint density at radius 1 is 1.00 bits per heavy atom. The van der Waals surface area contributed by atoms with Gasteiger partial charge in [0, 0.05) is 17.5 Å². The average Bonchev–Trinajstić information content (AvgIpc) is 3.30. The molecule has 2 aliphatic rings. The van der Waals surface area contributed by atoms with Gasteiger partial charge in [0.2, 0.25) is 11.8 Å². The molecule has 0 unspecified atom stereocenters. The normalized spacial score (nSPS) is 25.7. The molecule has 2 saturated heterocycles. The second-order valence-electron chi connectivity index (χ2n) is 9.08. The standard InChI is InChI=1S/C27H22Cl2N2O4/c1-15-7-9-17(10-8-15)23-21-22(27(30-23,26(34)35)14-16-5-3-2-4-6-16)25(33)31(24(21)32)20-12-11-18(28)13-19(20)29/h2-13,21-23,30H,14H2,1H3,(H,34,35)/t21-,22+,23-,27-/m0/s1. The molecule has 2 fully saturated rings. The van der Waals surface area contributed by atoms with Crippen molar-refractivity contribution in [2.45, 2.75) is 24.9 Å². The first-order valence-corrected chi connectivity index (χ1v) is 11.9. The van der Waals surface area contributed by atoms with Gasteiger partial charge in [0.1, 0.15) is 5.54 Å². The monoisotopic (exact) mass is 508 g/mol. The average molecular weight is 509 g/mol. The van der Waals surface area contributed by atoms with E-state index in [9.17, 15) is 19.5 Å². The summed E-state index contributed by atoms with van der Waals surface area (Å²) in [6, 6.07) is 20.5. The van der Waals surface area contributed by atoms with Crippen LogP contribution in [0, 0.1) is 18.8 Å². The van der Waals surface area contributed by atoms with Crippen molar-refractivity contribution in [1.29, 1.82) is 0 Å². The molecule has 0 aliphatic carbocycles. The van der Waals surface area contributed by atoms with Gasteiger partial charge in [-0.15, -0.1) is 0 Å². The number of nitrogens with one attached hydrogen (secondary N) is 1. The maximum Gasteiger partial charge on any atom is 0.325 e. The number of fused-ring (bicyclic) bond motifs is 1. The van der Waals surface area contributed by atoms with Crippen molar-refractivity contribution < 1.29 is 19.5 Å². The van der Waals surface area contributed by atoms with Crippen LogP contribution in [0.25, 0.3) is 0 Å². The Morgan fingerprint density at radius 3 is 2.31 bits per heavy atom. The van der Waals surface area contributed by atoms with E-state index in [1.54, 1.807) is 6.07 Å². The van der Waals surface area contributed by atoms with Crippen molar-refractivity contribution in [3.8, 4) is 0 Å². The minimum absolute atomic E-state index is 0.0356. The zero-order valence-corrected chi connectivity index (χ0v) is 20.3. The topological polar surface area (TPSA) is 86.7 Å². The maximum absolute atomic E-state index is 13.9. The predicted molar refractivity (Wildman–Crippen MR) is 134 cm³/mol. The summed E-state index contributed by atoms with van der Waals surface area (Å²) in [6.45, 7) is 1.94. The third kappa shape index (κ3) is 3.82. The van der Waals surface area contributed by atoms with Gasteiger partial charge in [-0.05, 0) is 36.2 Å². The molecule has 0 aromatic heterocycles. The molecule has 35 heavy (non-hydrogen) atoms. The van der Waals surface area contributed by atoms with E-state index in [-0.39, 0.29) is 17.1 Å². The molecule has 0 radical (unpaired) electrons. The summed E-state index contributed by atoms with van der Waals surface area (Å²) in [5, 5.41) is 14.3. The molecule has 4 atom stereocenters. The fraction of sp³-hybridized carbons (Fsp3) is 0.222. The van der Waals surface area contributed by atoms with E-state index >= 15 is 0 Å². The van der Waals surface area contributed by atoms with Gasteiger partial charge in [-0.25, -0.2) is 4.90 Å². The molecule has 6 nitrogen and oxygen atoms in total. The Morgan fingerprint density at radius 2 is 1.69 bits per heavy atom. The van der Waals surface area contributed by atoms with Crippen LogP contribution in [0.15, 0.2) is 72.8 Å². The second kappa shape index (κ2) is 8.79. The Bertz CT molecular complexity index is 1330. The highest BCUT2D eigenvalue weighted by Crippen LogP contribution is 2.51. The van der Waals surface area contributed by atoms with Crippen molar-refractivity contribution in [2.24, 2.45) is 11.8 Å². The number of hydrogen-bond acceptors (Lipinski definition) is 4. The number of carboxylic acids is 1. The zero-order chi connectivity index (χ0) is 24.9. The van der Waals surface area contributed by atoms with Crippen LogP contribution in [-0.2, 0) is 20.8 Å². The minimum Gasteiger partial charge on any atom is -0.480 e. The first-order valence-electron chi connectivity index (χ1n) is 11.2. The van der Waals surface area contributed by atoms with E-state index < -0.39 is 41.2 Å². The van der Waals surface area contributed by atoms with Crippen LogP contribution < -0.4 is 10.2 Å². The van der Waals surface area contributed by atoms with E-state index in [0.717, 1.165) is 21.6 Å². The molecule has 0 saturated carbocycles. The van der Waals surface area contributed by atoms with Crippen molar-refractivity contribution >= 4 is 46.7 Å². The molecule has 8 heteroatoms. The molecule has 2 amide bonds. The van der Waals surface area contributed by atoms with Crippen LogP contribution in [0.3, 0.4) is 0 Å². The van der Waals surface area contributed by atoms with Crippen LogP contribution in [0.4, 0.5) is 5.69 Å². The molecule has 3 aromatic rings. The Balaban J connectivity index is 1.67. The number of anilines is 1. The molecule has 2 heterocycles. The zero-order valence-electron chi connectivity index (χ0n) is 18.7. The van der Waals surface area contributed by atoms with E-state index in [2.05, 4.69) is 5.32 Å². The fourth-order valence-corrected chi connectivity index (χ4v) is 5.81. The molecule has 0 spiro atoms. The molecule has 3 aromatic carbocycles. The van der Waals surface area contributed by atoms with E-state index in [1.165, 1.54) is 12.1 Å². The summed E-state index contributed by atoms with van der Waals surface area (Å²) in [5.74, 6) is -4.32.